The molecular formula is C11H14BrN3O2. The van der Waals surface area contributed by atoms with Gasteiger partial charge in [0.1, 0.15) is 6.04 Å². The van der Waals surface area contributed by atoms with Crippen molar-refractivity contribution in [3.63, 3.8) is 0 Å². The van der Waals surface area contributed by atoms with Crippen molar-refractivity contribution < 1.29 is 9.53 Å². The largest absolute Gasteiger partial charge is 0.464 e. The smallest absolute Gasteiger partial charge is 0.328 e. The van der Waals surface area contributed by atoms with Crippen molar-refractivity contribution in [1.29, 1.82) is 0 Å². The van der Waals surface area contributed by atoms with Gasteiger partial charge in [-0.25, -0.2) is 14.8 Å². The van der Waals surface area contributed by atoms with E-state index < -0.39 is 0 Å². The molecule has 0 radical (unpaired) electrons. The second kappa shape index (κ2) is 5.44. The van der Waals surface area contributed by atoms with Crippen LogP contribution in [0, 0.1) is 0 Å². The molecule has 0 aliphatic carbocycles. The quantitative estimate of drug-likeness (QED) is 0.796. The first kappa shape index (κ1) is 12.3. The molecule has 1 aliphatic heterocycles. The fraction of sp³-hybridized carbons (Fsp3) is 0.545. The Balaban J connectivity index is 2.14. The first-order valence-corrected chi connectivity index (χ1v) is 6.42. The minimum atomic E-state index is -0.240. The van der Waals surface area contributed by atoms with Gasteiger partial charge >= 0.3 is 5.97 Å². The first-order valence-electron chi connectivity index (χ1n) is 5.63. The molecule has 0 saturated carbocycles. The van der Waals surface area contributed by atoms with E-state index in [4.69, 9.17) is 4.74 Å². The average molecular weight is 300 g/mol. The fourth-order valence-corrected chi connectivity index (χ4v) is 2.15. The Bertz CT molecular complexity index is 396. The molecule has 1 fully saturated rings. The van der Waals surface area contributed by atoms with Crippen LogP contribution in [0.4, 0.5) is 5.95 Å². The summed E-state index contributed by atoms with van der Waals surface area (Å²) in [7, 11) is 0. The van der Waals surface area contributed by atoms with Crippen molar-refractivity contribution in [2.75, 3.05) is 18.1 Å². The zero-order valence-electron chi connectivity index (χ0n) is 9.60. The Morgan fingerprint density at radius 1 is 1.59 bits per heavy atom. The van der Waals surface area contributed by atoms with Crippen LogP contribution in [0.3, 0.4) is 0 Å². The Morgan fingerprint density at radius 3 is 2.94 bits per heavy atom. The lowest BCUT2D eigenvalue weighted by molar-refractivity contribution is -0.144. The van der Waals surface area contributed by atoms with Gasteiger partial charge < -0.3 is 9.64 Å². The zero-order valence-corrected chi connectivity index (χ0v) is 11.2. The molecule has 92 valence electrons. The highest BCUT2D eigenvalue weighted by atomic mass is 79.9. The summed E-state index contributed by atoms with van der Waals surface area (Å²) in [5.41, 5.74) is 0. The van der Waals surface area contributed by atoms with E-state index >= 15 is 0 Å². The second-order valence-electron chi connectivity index (χ2n) is 3.80. The van der Waals surface area contributed by atoms with Gasteiger partial charge in [-0.05, 0) is 35.7 Å². The minimum absolute atomic E-state index is 0.184. The number of rotatable bonds is 3. The number of nitrogens with zero attached hydrogens (tertiary/aromatic N) is 3. The molecule has 1 unspecified atom stereocenters. The molecule has 2 rings (SSSR count). The van der Waals surface area contributed by atoms with Crippen molar-refractivity contribution in [2.45, 2.75) is 25.8 Å². The number of carbonyl (C=O) groups is 1. The molecule has 0 N–H and O–H groups in total. The summed E-state index contributed by atoms with van der Waals surface area (Å²) in [6, 6.07) is -0.240. The molecule has 0 spiro atoms. The third-order valence-electron chi connectivity index (χ3n) is 2.68. The topological polar surface area (TPSA) is 55.3 Å². The van der Waals surface area contributed by atoms with Crippen LogP contribution in [0.2, 0.25) is 0 Å². The molecular weight excluding hydrogens is 286 g/mol. The zero-order chi connectivity index (χ0) is 12.3. The van der Waals surface area contributed by atoms with Crippen LogP contribution >= 0.6 is 15.9 Å². The van der Waals surface area contributed by atoms with Gasteiger partial charge in [0.15, 0.2) is 0 Å². The van der Waals surface area contributed by atoms with Gasteiger partial charge in [0.05, 0.1) is 11.1 Å². The summed E-state index contributed by atoms with van der Waals surface area (Å²) < 4.78 is 5.88. The second-order valence-corrected chi connectivity index (χ2v) is 4.72. The molecule has 0 bridgehead atoms. The number of aromatic nitrogens is 2. The lowest BCUT2D eigenvalue weighted by atomic mass is 10.2. The maximum atomic E-state index is 11.8. The van der Waals surface area contributed by atoms with Gasteiger partial charge in [-0.15, -0.1) is 0 Å². The highest BCUT2D eigenvalue weighted by molar-refractivity contribution is 9.10. The number of esters is 1. The van der Waals surface area contributed by atoms with Gasteiger partial charge in [0, 0.05) is 18.9 Å². The summed E-state index contributed by atoms with van der Waals surface area (Å²) in [5, 5.41) is 0. The van der Waals surface area contributed by atoms with Crippen LogP contribution in [0.25, 0.3) is 0 Å². The predicted molar refractivity (Wildman–Crippen MR) is 66.7 cm³/mol. The molecule has 1 aliphatic rings. The van der Waals surface area contributed by atoms with Crippen LogP contribution < -0.4 is 4.90 Å². The SMILES string of the molecule is CCOC(=O)C1CCCN1c1ncc(Br)cn1. The van der Waals surface area contributed by atoms with Crippen LogP contribution in [0.5, 0.6) is 0 Å². The summed E-state index contributed by atoms with van der Waals surface area (Å²) in [6.07, 6.45) is 5.13. The molecule has 0 amide bonds. The van der Waals surface area contributed by atoms with Gasteiger partial charge in [-0.2, -0.15) is 0 Å². The normalized spacial score (nSPS) is 19.4. The summed E-state index contributed by atoms with van der Waals surface area (Å²) in [4.78, 5) is 22.1. The summed E-state index contributed by atoms with van der Waals surface area (Å²) >= 11 is 3.29. The first-order chi connectivity index (χ1) is 8.22. The molecule has 1 atom stereocenters. The van der Waals surface area contributed by atoms with E-state index in [-0.39, 0.29) is 12.0 Å². The molecule has 6 heteroatoms. The molecule has 17 heavy (non-hydrogen) atoms. The number of carbonyl (C=O) groups excluding carboxylic acids is 1. The van der Waals surface area contributed by atoms with Gasteiger partial charge in [0.25, 0.3) is 0 Å². The predicted octanol–water partition coefficient (Wildman–Crippen LogP) is 1.77. The van der Waals surface area contributed by atoms with Crippen molar-refractivity contribution in [1.82, 2.24) is 9.97 Å². The maximum Gasteiger partial charge on any atom is 0.328 e. The van der Waals surface area contributed by atoms with Crippen molar-refractivity contribution >= 4 is 27.8 Å². The van der Waals surface area contributed by atoms with Gasteiger partial charge in [-0.1, -0.05) is 0 Å². The molecule has 1 saturated heterocycles. The highest BCUT2D eigenvalue weighted by Gasteiger charge is 2.33. The Kier molecular flexibility index (Phi) is 3.93. The number of ether oxygens (including phenoxy) is 1. The lowest BCUT2D eigenvalue weighted by Gasteiger charge is -2.22. The number of hydrogen-bond acceptors (Lipinski definition) is 5. The molecule has 0 aromatic carbocycles. The van der Waals surface area contributed by atoms with Crippen molar-refractivity contribution in [3.05, 3.63) is 16.9 Å². The summed E-state index contributed by atoms with van der Waals surface area (Å²) in [5.74, 6) is 0.403. The van der Waals surface area contributed by atoms with E-state index in [2.05, 4.69) is 25.9 Å². The van der Waals surface area contributed by atoms with E-state index in [0.29, 0.717) is 12.6 Å². The fourth-order valence-electron chi connectivity index (χ4n) is 1.94. The highest BCUT2D eigenvalue weighted by Crippen LogP contribution is 2.23. The van der Waals surface area contributed by atoms with Crippen molar-refractivity contribution in [3.8, 4) is 0 Å². The molecule has 2 heterocycles. The van der Waals surface area contributed by atoms with E-state index in [1.807, 2.05) is 11.8 Å². The van der Waals surface area contributed by atoms with Gasteiger partial charge in [-0.3, -0.25) is 0 Å². The number of hydrogen-bond donors (Lipinski definition) is 0. The Hall–Kier alpha value is -1.17. The molecule has 1 aromatic rings. The van der Waals surface area contributed by atoms with Gasteiger partial charge in [0.2, 0.25) is 5.95 Å². The van der Waals surface area contributed by atoms with Crippen molar-refractivity contribution in [2.24, 2.45) is 0 Å². The van der Waals surface area contributed by atoms with Crippen LogP contribution in [0.15, 0.2) is 16.9 Å². The lowest BCUT2D eigenvalue weighted by Crippen LogP contribution is -2.38. The number of halogens is 1. The number of anilines is 1. The van der Waals surface area contributed by atoms with E-state index in [9.17, 15) is 4.79 Å². The third-order valence-corrected chi connectivity index (χ3v) is 3.08. The minimum Gasteiger partial charge on any atom is -0.464 e. The monoisotopic (exact) mass is 299 g/mol. The van der Waals surface area contributed by atoms with Crippen LogP contribution in [-0.2, 0) is 9.53 Å². The summed E-state index contributed by atoms with van der Waals surface area (Å²) in [6.45, 7) is 3.02. The maximum absolute atomic E-state index is 11.8. The Morgan fingerprint density at radius 2 is 2.29 bits per heavy atom. The van der Waals surface area contributed by atoms with E-state index in [0.717, 1.165) is 23.9 Å². The van der Waals surface area contributed by atoms with Crippen LogP contribution in [-0.4, -0.2) is 35.1 Å². The molecule has 5 nitrogen and oxygen atoms in total. The third kappa shape index (κ3) is 2.74. The Labute approximate surface area is 108 Å². The molecule has 1 aromatic heterocycles. The van der Waals surface area contributed by atoms with E-state index in [1.54, 1.807) is 12.4 Å². The van der Waals surface area contributed by atoms with E-state index in [1.165, 1.54) is 0 Å². The standard InChI is InChI=1S/C11H14BrN3O2/c1-2-17-10(16)9-4-3-5-15(9)11-13-6-8(12)7-14-11/h6-7,9H,2-5H2,1H3. The van der Waals surface area contributed by atoms with Crippen LogP contribution in [0.1, 0.15) is 19.8 Å². The average Bonchev–Trinajstić information content (AvgIpc) is 2.79.